The Bertz CT molecular complexity index is 456. The summed E-state index contributed by atoms with van der Waals surface area (Å²) in [5.74, 6) is -1.16. The number of carbonyl (C=O) groups excluding carboxylic acids is 2. The summed E-state index contributed by atoms with van der Waals surface area (Å²) in [4.78, 5) is 36.5. The highest BCUT2D eigenvalue weighted by atomic mass is 16.4. The van der Waals surface area contributed by atoms with Gasteiger partial charge in [-0.1, -0.05) is 47.0 Å². The van der Waals surface area contributed by atoms with Gasteiger partial charge in [-0.3, -0.25) is 9.59 Å². The molecule has 1 fully saturated rings. The Morgan fingerprint density at radius 3 is 1.88 bits per heavy atom. The van der Waals surface area contributed by atoms with Crippen molar-refractivity contribution in [3.8, 4) is 0 Å². The summed E-state index contributed by atoms with van der Waals surface area (Å²) in [5, 5.41) is 14.8. The Labute approximate surface area is 151 Å². The van der Waals surface area contributed by atoms with Gasteiger partial charge in [0, 0.05) is 5.92 Å². The minimum absolute atomic E-state index is 0.0258. The first-order chi connectivity index (χ1) is 11.7. The largest absolute Gasteiger partial charge is 0.480 e. The summed E-state index contributed by atoms with van der Waals surface area (Å²) in [6.45, 7) is 7.79. The van der Waals surface area contributed by atoms with Crippen molar-refractivity contribution in [2.24, 2.45) is 17.8 Å². The molecule has 2 atom stereocenters. The molecule has 3 N–H and O–H groups in total. The van der Waals surface area contributed by atoms with Crippen molar-refractivity contribution in [1.82, 2.24) is 10.6 Å². The van der Waals surface area contributed by atoms with Crippen LogP contribution in [0.25, 0.3) is 0 Å². The van der Waals surface area contributed by atoms with Crippen molar-refractivity contribution in [3.05, 3.63) is 0 Å². The summed E-state index contributed by atoms with van der Waals surface area (Å²) in [6, 6.07) is -1.60. The Balaban J connectivity index is 2.73. The SMILES string of the molecule is CC(C)C[C@H](NC(=O)[C@H](CC(C)C)NC(=O)C1CCCCC1)C(=O)O. The van der Waals surface area contributed by atoms with Crippen molar-refractivity contribution in [2.45, 2.75) is 84.7 Å². The van der Waals surface area contributed by atoms with Gasteiger partial charge in [0.15, 0.2) is 0 Å². The molecule has 0 saturated heterocycles. The Hall–Kier alpha value is -1.59. The van der Waals surface area contributed by atoms with Gasteiger partial charge in [0.25, 0.3) is 0 Å². The molecule has 0 aromatic heterocycles. The number of carboxylic acid groups (broad SMARTS) is 1. The Morgan fingerprint density at radius 1 is 0.880 bits per heavy atom. The average molecular weight is 354 g/mol. The smallest absolute Gasteiger partial charge is 0.326 e. The van der Waals surface area contributed by atoms with Crippen molar-refractivity contribution in [3.63, 3.8) is 0 Å². The number of carbonyl (C=O) groups is 3. The number of hydrogen-bond donors (Lipinski definition) is 3. The maximum atomic E-state index is 12.6. The van der Waals surface area contributed by atoms with Crippen LogP contribution in [0.3, 0.4) is 0 Å². The number of carboxylic acids is 1. The van der Waals surface area contributed by atoms with Crippen LogP contribution in [0.2, 0.25) is 0 Å². The van der Waals surface area contributed by atoms with Gasteiger partial charge >= 0.3 is 5.97 Å². The number of hydrogen-bond acceptors (Lipinski definition) is 3. The summed E-state index contributed by atoms with van der Waals surface area (Å²) >= 11 is 0. The zero-order chi connectivity index (χ0) is 19.0. The second-order valence-electron chi connectivity index (χ2n) is 8.05. The molecule has 0 aliphatic heterocycles. The predicted molar refractivity (Wildman–Crippen MR) is 97.0 cm³/mol. The molecule has 144 valence electrons. The highest BCUT2D eigenvalue weighted by Crippen LogP contribution is 2.24. The van der Waals surface area contributed by atoms with Crippen LogP contribution in [0, 0.1) is 17.8 Å². The molecule has 6 heteroatoms. The van der Waals surface area contributed by atoms with E-state index in [0.717, 1.165) is 32.1 Å². The minimum Gasteiger partial charge on any atom is -0.480 e. The second kappa shape index (κ2) is 10.4. The van der Waals surface area contributed by atoms with Crippen molar-refractivity contribution in [2.75, 3.05) is 0 Å². The first kappa shape index (κ1) is 21.5. The van der Waals surface area contributed by atoms with Crippen LogP contribution in [-0.2, 0) is 14.4 Å². The molecular formula is C19H34N2O4. The van der Waals surface area contributed by atoms with Gasteiger partial charge in [0.2, 0.25) is 11.8 Å². The van der Waals surface area contributed by atoms with Gasteiger partial charge in [-0.05, 0) is 37.5 Å². The van der Waals surface area contributed by atoms with Gasteiger partial charge in [-0.2, -0.15) is 0 Å². The summed E-state index contributed by atoms with van der Waals surface area (Å²) in [7, 11) is 0. The van der Waals surface area contributed by atoms with Crippen LogP contribution in [0.4, 0.5) is 0 Å². The lowest BCUT2D eigenvalue weighted by molar-refractivity contribution is -0.142. The fourth-order valence-corrected chi connectivity index (χ4v) is 3.32. The van der Waals surface area contributed by atoms with E-state index in [9.17, 15) is 19.5 Å². The molecule has 0 heterocycles. The van der Waals surface area contributed by atoms with Gasteiger partial charge in [-0.25, -0.2) is 4.79 Å². The first-order valence-electron chi connectivity index (χ1n) is 9.54. The van der Waals surface area contributed by atoms with Crippen LogP contribution >= 0.6 is 0 Å². The first-order valence-corrected chi connectivity index (χ1v) is 9.54. The van der Waals surface area contributed by atoms with Gasteiger partial charge in [0.05, 0.1) is 0 Å². The number of rotatable bonds is 9. The van der Waals surface area contributed by atoms with E-state index < -0.39 is 24.0 Å². The summed E-state index contributed by atoms with van der Waals surface area (Å²) in [5.41, 5.74) is 0. The van der Waals surface area contributed by atoms with Crippen molar-refractivity contribution < 1.29 is 19.5 Å². The highest BCUT2D eigenvalue weighted by molar-refractivity contribution is 5.91. The molecular weight excluding hydrogens is 320 g/mol. The lowest BCUT2D eigenvalue weighted by Crippen LogP contribution is -2.53. The molecule has 0 radical (unpaired) electrons. The normalized spacial score (nSPS) is 18.0. The third-order valence-corrected chi connectivity index (χ3v) is 4.64. The molecule has 0 aromatic rings. The lowest BCUT2D eigenvalue weighted by Gasteiger charge is -2.26. The van der Waals surface area contributed by atoms with Crippen LogP contribution in [0.15, 0.2) is 0 Å². The molecule has 0 aromatic carbocycles. The predicted octanol–water partition coefficient (Wildman–Crippen LogP) is 2.71. The third-order valence-electron chi connectivity index (χ3n) is 4.64. The van der Waals surface area contributed by atoms with Gasteiger partial charge in [-0.15, -0.1) is 0 Å². The van der Waals surface area contributed by atoms with E-state index in [1.54, 1.807) is 0 Å². The maximum absolute atomic E-state index is 12.6. The van der Waals surface area contributed by atoms with Crippen LogP contribution in [0.1, 0.15) is 72.6 Å². The van der Waals surface area contributed by atoms with E-state index in [4.69, 9.17) is 0 Å². The molecule has 1 saturated carbocycles. The second-order valence-corrected chi connectivity index (χ2v) is 8.05. The van der Waals surface area contributed by atoms with E-state index >= 15 is 0 Å². The highest BCUT2D eigenvalue weighted by Gasteiger charge is 2.30. The van der Waals surface area contributed by atoms with Crippen LogP contribution in [0.5, 0.6) is 0 Å². The van der Waals surface area contributed by atoms with E-state index in [-0.39, 0.29) is 23.7 Å². The molecule has 0 unspecified atom stereocenters. The van der Waals surface area contributed by atoms with Crippen molar-refractivity contribution >= 4 is 17.8 Å². The van der Waals surface area contributed by atoms with Crippen LogP contribution in [-0.4, -0.2) is 35.0 Å². The standard InChI is InChI=1S/C19H34N2O4/c1-12(2)10-15(20-17(22)14-8-6-5-7-9-14)18(23)21-16(19(24)25)11-13(3)4/h12-16H,5-11H2,1-4H3,(H,20,22)(H,21,23)(H,24,25)/t15-,16-/m0/s1. The molecule has 1 aliphatic carbocycles. The van der Waals surface area contributed by atoms with E-state index in [1.807, 2.05) is 27.7 Å². The number of amides is 2. The molecule has 0 spiro atoms. The molecule has 2 amide bonds. The molecule has 25 heavy (non-hydrogen) atoms. The fraction of sp³-hybridized carbons (Fsp3) is 0.842. The Kier molecular flexibility index (Phi) is 8.93. The fourth-order valence-electron chi connectivity index (χ4n) is 3.32. The van der Waals surface area contributed by atoms with E-state index in [2.05, 4.69) is 10.6 Å². The number of aliphatic carboxylic acids is 1. The maximum Gasteiger partial charge on any atom is 0.326 e. The molecule has 1 rings (SSSR count). The number of nitrogens with one attached hydrogen (secondary N) is 2. The van der Waals surface area contributed by atoms with E-state index in [1.165, 1.54) is 0 Å². The van der Waals surface area contributed by atoms with E-state index in [0.29, 0.717) is 12.8 Å². The summed E-state index contributed by atoms with van der Waals surface area (Å²) in [6.07, 6.45) is 5.86. The quantitative estimate of drug-likeness (QED) is 0.593. The topological polar surface area (TPSA) is 95.5 Å². The third kappa shape index (κ3) is 7.88. The minimum atomic E-state index is -1.04. The average Bonchev–Trinajstić information content (AvgIpc) is 2.53. The zero-order valence-corrected chi connectivity index (χ0v) is 16.0. The Morgan fingerprint density at radius 2 is 1.40 bits per heavy atom. The molecule has 6 nitrogen and oxygen atoms in total. The van der Waals surface area contributed by atoms with Crippen molar-refractivity contribution in [1.29, 1.82) is 0 Å². The molecule has 0 bridgehead atoms. The van der Waals surface area contributed by atoms with Crippen LogP contribution < -0.4 is 10.6 Å². The monoisotopic (exact) mass is 354 g/mol. The molecule has 1 aliphatic rings. The zero-order valence-electron chi connectivity index (χ0n) is 16.0. The summed E-state index contributed by atoms with van der Waals surface area (Å²) < 4.78 is 0. The lowest BCUT2D eigenvalue weighted by atomic mass is 9.88. The van der Waals surface area contributed by atoms with Gasteiger partial charge in [0.1, 0.15) is 12.1 Å². The van der Waals surface area contributed by atoms with Gasteiger partial charge < -0.3 is 15.7 Å².